The fourth-order valence-electron chi connectivity index (χ4n) is 3.25. The number of phenolic OH excluding ortho intramolecular Hbond substituents is 2. The molecule has 2 aromatic rings. The van der Waals surface area contributed by atoms with E-state index in [0.29, 0.717) is 23.8 Å². The predicted molar refractivity (Wildman–Crippen MR) is 106 cm³/mol. The highest BCUT2D eigenvalue weighted by molar-refractivity contribution is 5.85. The van der Waals surface area contributed by atoms with Crippen LogP contribution in [0.1, 0.15) is 17.2 Å². The Morgan fingerprint density at radius 2 is 1.63 bits per heavy atom. The highest BCUT2D eigenvalue weighted by atomic mass is 35.5. The van der Waals surface area contributed by atoms with Crippen molar-refractivity contribution < 1.29 is 24.4 Å². The van der Waals surface area contributed by atoms with Gasteiger partial charge in [0, 0.05) is 30.4 Å². The van der Waals surface area contributed by atoms with Crippen molar-refractivity contribution in [2.75, 3.05) is 39.7 Å². The zero-order valence-electron chi connectivity index (χ0n) is 15.5. The van der Waals surface area contributed by atoms with Gasteiger partial charge in [0.1, 0.15) is 0 Å². The van der Waals surface area contributed by atoms with E-state index in [1.54, 1.807) is 33.5 Å². The van der Waals surface area contributed by atoms with Crippen LogP contribution < -0.4 is 24.8 Å². The lowest BCUT2D eigenvalue weighted by Gasteiger charge is -2.28. The molecule has 1 aliphatic heterocycles. The van der Waals surface area contributed by atoms with Crippen LogP contribution in [0.5, 0.6) is 28.7 Å². The highest BCUT2D eigenvalue weighted by Crippen LogP contribution is 2.40. The molecule has 8 heteroatoms. The Morgan fingerprint density at radius 1 is 1.00 bits per heavy atom. The lowest BCUT2D eigenvalue weighted by Crippen LogP contribution is -2.34. The van der Waals surface area contributed by atoms with Gasteiger partial charge < -0.3 is 35.1 Å². The number of aromatic hydroxyl groups is 2. The molecule has 1 unspecified atom stereocenters. The van der Waals surface area contributed by atoms with Crippen molar-refractivity contribution in [3.8, 4) is 28.7 Å². The average molecular weight is 397 g/mol. The Hall–Kier alpha value is -2.51. The van der Waals surface area contributed by atoms with Crippen molar-refractivity contribution >= 4 is 18.1 Å². The molecule has 0 amide bonds. The molecule has 2 aromatic carbocycles. The number of hydrogen-bond acceptors (Lipinski definition) is 7. The lowest BCUT2D eigenvalue weighted by molar-refractivity contribution is 0.324. The van der Waals surface area contributed by atoms with Gasteiger partial charge in [-0.1, -0.05) is 0 Å². The Morgan fingerprint density at radius 3 is 2.22 bits per heavy atom. The van der Waals surface area contributed by atoms with Crippen LogP contribution in [0.25, 0.3) is 0 Å². The molecule has 1 atom stereocenters. The van der Waals surface area contributed by atoms with Crippen molar-refractivity contribution in [2.24, 2.45) is 0 Å². The van der Waals surface area contributed by atoms with Crippen LogP contribution in [0.2, 0.25) is 0 Å². The number of phenols is 2. The van der Waals surface area contributed by atoms with Crippen LogP contribution in [-0.4, -0.2) is 44.6 Å². The van der Waals surface area contributed by atoms with E-state index in [9.17, 15) is 10.2 Å². The van der Waals surface area contributed by atoms with E-state index in [1.807, 2.05) is 12.1 Å². The van der Waals surface area contributed by atoms with Gasteiger partial charge in [0.15, 0.2) is 23.0 Å². The van der Waals surface area contributed by atoms with E-state index in [2.05, 4.69) is 10.6 Å². The van der Waals surface area contributed by atoms with Gasteiger partial charge in [-0.3, -0.25) is 0 Å². The van der Waals surface area contributed by atoms with Crippen molar-refractivity contribution in [1.29, 1.82) is 0 Å². The minimum atomic E-state index is -0.106. The van der Waals surface area contributed by atoms with Gasteiger partial charge in [0.2, 0.25) is 5.75 Å². The molecule has 0 spiro atoms. The number of anilines is 1. The second-order valence-corrected chi connectivity index (χ2v) is 6.09. The first-order chi connectivity index (χ1) is 12.6. The standard InChI is InChI=1S/C19H24N2O5.ClH/c1-24-17-7-12(8-18(25-2)19(17)26-3)21-10-14-13-9-16(23)15(22)6-11(13)4-5-20-14;/h6-9,14,20-23H,4-5,10H2,1-3H3;1H. The zero-order chi connectivity index (χ0) is 18.7. The first-order valence-corrected chi connectivity index (χ1v) is 8.39. The van der Waals surface area contributed by atoms with Gasteiger partial charge in [0.05, 0.1) is 21.3 Å². The van der Waals surface area contributed by atoms with E-state index in [-0.39, 0.29) is 29.9 Å². The molecule has 0 saturated carbocycles. The second kappa shape index (κ2) is 8.92. The summed E-state index contributed by atoms with van der Waals surface area (Å²) in [6, 6.07) is 6.96. The molecule has 0 aromatic heterocycles. The van der Waals surface area contributed by atoms with Crippen LogP contribution >= 0.6 is 12.4 Å². The number of ether oxygens (including phenoxy) is 3. The molecular weight excluding hydrogens is 372 g/mol. The first kappa shape index (κ1) is 20.8. The summed E-state index contributed by atoms with van der Waals surface area (Å²) < 4.78 is 16.1. The highest BCUT2D eigenvalue weighted by Gasteiger charge is 2.22. The van der Waals surface area contributed by atoms with Crippen molar-refractivity contribution in [3.63, 3.8) is 0 Å². The van der Waals surface area contributed by atoms with Gasteiger partial charge in [-0.25, -0.2) is 0 Å². The van der Waals surface area contributed by atoms with Crippen molar-refractivity contribution in [3.05, 3.63) is 35.4 Å². The summed E-state index contributed by atoms with van der Waals surface area (Å²) >= 11 is 0. The van der Waals surface area contributed by atoms with Gasteiger partial charge in [-0.05, 0) is 36.2 Å². The maximum absolute atomic E-state index is 9.83. The van der Waals surface area contributed by atoms with Crippen molar-refractivity contribution in [2.45, 2.75) is 12.5 Å². The number of nitrogens with one attached hydrogen (secondary N) is 2. The van der Waals surface area contributed by atoms with Gasteiger partial charge in [0.25, 0.3) is 0 Å². The molecule has 3 rings (SSSR count). The topological polar surface area (TPSA) is 92.2 Å². The van der Waals surface area contributed by atoms with Gasteiger partial charge in [-0.15, -0.1) is 12.4 Å². The number of hydrogen-bond donors (Lipinski definition) is 4. The Kier molecular flexibility index (Phi) is 6.87. The van der Waals surface area contributed by atoms with Crippen LogP contribution in [0.15, 0.2) is 24.3 Å². The second-order valence-electron chi connectivity index (χ2n) is 6.09. The third kappa shape index (κ3) is 4.26. The fourth-order valence-corrected chi connectivity index (χ4v) is 3.25. The van der Waals surface area contributed by atoms with Crippen LogP contribution in [0, 0.1) is 0 Å². The van der Waals surface area contributed by atoms with E-state index in [4.69, 9.17) is 14.2 Å². The Balaban J connectivity index is 0.00000261. The molecule has 7 nitrogen and oxygen atoms in total. The summed E-state index contributed by atoms with van der Waals surface area (Å²) in [5, 5.41) is 26.3. The average Bonchev–Trinajstić information content (AvgIpc) is 2.66. The summed E-state index contributed by atoms with van der Waals surface area (Å²) in [6.07, 6.45) is 0.809. The largest absolute Gasteiger partial charge is 0.504 e. The minimum Gasteiger partial charge on any atom is -0.504 e. The molecule has 148 valence electrons. The summed E-state index contributed by atoms with van der Waals surface area (Å²) in [5.74, 6) is 1.51. The SMILES string of the molecule is COc1cc(NCC2NCCc3cc(O)c(O)cc32)cc(OC)c1OC.Cl. The number of methoxy groups -OCH3 is 3. The summed E-state index contributed by atoms with van der Waals surface area (Å²) in [7, 11) is 4.72. The zero-order valence-corrected chi connectivity index (χ0v) is 16.4. The Labute approximate surface area is 164 Å². The number of benzene rings is 2. The quantitative estimate of drug-likeness (QED) is 0.558. The molecule has 0 radical (unpaired) electrons. The van der Waals surface area contributed by atoms with E-state index < -0.39 is 0 Å². The molecule has 1 heterocycles. The van der Waals surface area contributed by atoms with Crippen LogP contribution in [-0.2, 0) is 6.42 Å². The molecule has 0 saturated heterocycles. The lowest BCUT2D eigenvalue weighted by atomic mass is 9.93. The maximum atomic E-state index is 9.83. The molecular formula is C19H25ClN2O5. The summed E-state index contributed by atoms with van der Waals surface area (Å²) in [5.41, 5.74) is 2.85. The van der Waals surface area contributed by atoms with Crippen molar-refractivity contribution in [1.82, 2.24) is 5.32 Å². The molecule has 27 heavy (non-hydrogen) atoms. The number of fused-ring (bicyclic) bond motifs is 1. The van der Waals surface area contributed by atoms with E-state index >= 15 is 0 Å². The minimum absolute atomic E-state index is 0. The third-order valence-electron chi connectivity index (χ3n) is 4.57. The molecule has 1 aliphatic rings. The number of halogens is 1. The molecule has 4 N–H and O–H groups in total. The summed E-state index contributed by atoms with van der Waals surface area (Å²) in [6.45, 7) is 1.40. The fraction of sp³-hybridized carbons (Fsp3) is 0.368. The van der Waals surface area contributed by atoms with Gasteiger partial charge >= 0.3 is 0 Å². The smallest absolute Gasteiger partial charge is 0.203 e. The molecule has 0 fully saturated rings. The van der Waals surface area contributed by atoms with E-state index in [1.165, 1.54) is 0 Å². The Bertz CT molecular complexity index is 775. The normalized spacial score (nSPS) is 15.3. The van der Waals surface area contributed by atoms with Gasteiger partial charge in [-0.2, -0.15) is 0 Å². The summed E-state index contributed by atoms with van der Waals surface area (Å²) in [4.78, 5) is 0. The monoisotopic (exact) mass is 396 g/mol. The molecule has 0 aliphatic carbocycles. The first-order valence-electron chi connectivity index (χ1n) is 8.39. The van der Waals surface area contributed by atoms with Crippen LogP contribution in [0.4, 0.5) is 5.69 Å². The number of rotatable bonds is 6. The van der Waals surface area contributed by atoms with E-state index in [0.717, 1.165) is 29.8 Å². The third-order valence-corrected chi connectivity index (χ3v) is 4.57. The molecule has 0 bridgehead atoms. The maximum Gasteiger partial charge on any atom is 0.203 e. The predicted octanol–water partition coefficient (Wildman–Crippen LogP) is 2.84. The van der Waals surface area contributed by atoms with Crippen LogP contribution in [0.3, 0.4) is 0 Å².